The zero-order chi connectivity index (χ0) is 14.2. The van der Waals surface area contributed by atoms with E-state index in [4.69, 9.17) is 9.47 Å². The van der Waals surface area contributed by atoms with Crippen molar-refractivity contribution in [3.63, 3.8) is 0 Å². The second-order valence-electron chi connectivity index (χ2n) is 5.73. The van der Waals surface area contributed by atoms with Crippen molar-refractivity contribution in [1.82, 2.24) is 0 Å². The van der Waals surface area contributed by atoms with Crippen LogP contribution in [-0.4, -0.2) is 13.7 Å². The monoisotopic (exact) mass is 281 g/mol. The minimum Gasteiger partial charge on any atom is -0.497 e. The Morgan fingerprint density at radius 3 is 2.81 bits per heavy atom. The van der Waals surface area contributed by atoms with Crippen molar-refractivity contribution >= 4 is 5.69 Å². The molecular formula is C18H19NO2. The number of benzene rings is 2. The van der Waals surface area contributed by atoms with Crippen molar-refractivity contribution in [2.24, 2.45) is 5.92 Å². The number of rotatable bonds is 2. The summed E-state index contributed by atoms with van der Waals surface area (Å²) in [6.07, 6.45) is 1.26. The van der Waals surface area contributed by atoms with Crippen LogP contribution in [0.4, 0.5) is 5.69 Å². The summed E-state index contributed by atoms with van der Waals surface area (Å²) in [5, 5.41) is 3.70. The van der Waals surface area contributed by atoms with Crippen LogP contribution in [0.15, 0.2) is 48.5 Å². The van der Waals surface area contributed by atoms with Crippen LogP contribution >= 0.6 is 0 Å². The van der Waals surface area contributed by atoms with Crippen LogP contribution in [0.5, 0.6) is 5.75 Å². The molecule has 0 aliphatic carbocycles. The molecule has 2 aliphatic heterocycles. The van der Waals surface area contributed by atoms with Gasteiger partial charge >= 0.3 is 0 Å². The molecule has 0 spiro atoms. The van der Waals surface area contributed by atoms with E-state index in [1.54, 1.807) is 7.11 Å². The van der Waals surface area contributed by atoms with Crippen molar-refractivity contribution in [2.45, 2.75) is 18.6 Å². The standard InChI is InChI=1S/C18H19NO2/c1-20-13-7-8-16-15(11-13)18-14(9-10-21-18)17(19-16)12-5-3-2-4-6-12/h2-8,11,14,17-19H,9-10H2,1H3/t14-,17-,18-/m0/s1. The average Bonchev–Trinajstić information content (AvgIpc) is 3.04. The predicted molar refractivity (Wildman–Crippen MR) is 82.6 cm³/mol. The Hall–Kier alpha value is -2.00. The Morgan fingerprint density at radius 1 is 1.14 bits per heavy atom. The van der Waals surface area contributed by atoms with Crippen LogP contribution in [0.25, 0.3) is 0 Å². The lowest BCUT2D eigenvalue weighted by Crippen LogP contribution is -2.29. The lowest BCUT2D eigenvalue weighted by Gasteiger charge is -2.36. The molecule has 4 rings (SSSR count). The molecule has 2 heterocycles. The molecule has 108 valence electrons. The van der Waals surface area contributed by atoms with E-state index in [9.17, 15) is 0 Å². The topological polar surface area (TPSA) is 30.5 Å². The number of nitrogens with one attached hydrogen (secondary N) is 1. The number of fused-ring (bicyclic) bond motifs is 3. The fraction of sp³-hybridized carbons (Fsp3) is 0.333. The van der Waals surface area contributed by atoms with Gasteiger partial charge < -0.3 is 14.8 Å². The first-order valence-corrected chi connectivity index (χ1v) is 7.48. The highest BCUT2D eigenvalue weighted by Crippen LogP contribution is 2.50. The van der Waals surface area contributed by atoms with E-state index >= 15 is 0 Å². The lowest BCUT2D eigenvalue weighted by molar-refractivity contribution is 0.0827. The molecule has 0 amide bonds. The zero-order valence-corrected chi connectivity index (χ0v) is 12.1. The van der Waals surface area contributed by atoms with Crippen molar-refractivity contribution < 1.29 is 9.47 Å². The Morgan fingerprint density at radius 2 is 2.00 bits per heavy atom. The van der Waals surface area contributed by atoms with Crippen molar-refractivity contribution in [3.05, 3.63) is 59.7 Å². The van der Waals surface area contributed by atoms with Gasteiger partial charge in [0.05, 0.1) is 19.3 Å². The second-order valence-corrected chi connectivity index (χ2v) is 5.73. The Kier molecular flexibility index (Phi) is 3.08. The van der Waals surface area contributed by atoms with Crippen LogP contribution in [0, 0.1) is 5.92 Å². The molecule has 0 saturated carbocycles. The second kappa shape index (κ2) is 5.08. The number of methoxy groups -OCH3 is 1. The fourth-order valence-electron chi connectivity index (χ4n) is 3.57. The minimum atomic E-state index is 0.168. The highest BCUT2D eigenvalue weighted by molar-refractivity contribution is 5.59. The van der Waals surface area contributed by atoms with Crippen molar-refractivity contribution in [3.8, 4) is 5.75 Å². The Bertz CT molecular complexity index is 641. The average molecular weight is 281 g/mol. The molecular weight excluding hydrogens is 262 g/mol. The molecule has 1 N–H and O–H groups in total. The van der Waals surface area contributed by atoms with Gasteiger partial charge in [0.2, 0.25) is 0 Å². The lowest BCUT2D eigenvalue weighted by atomic mass is 9.81. The van der Waals surface area contributed by atoms with E-state index in [1.807, 2.05) is 6.07 Å². The third-order valence-electron chi connectivity index (χ3n) is 4.60. The maximum atomic E-state index is 6.04. The predicted octanol–water partition coefficient (Wildman–Crippen LogP) is 3.94. The maximum absolute atomic E-state index is 6.04. The molecule has 0 unspecified atom stereocenters. The van der Waals surface area contributed by atoms with Gasteiger partial charge in [-0.2, -0.15) is 0 Å². The SMILES string of the molecule is COc1ccc2c(c1)[C@H]1OCC[C@H]1[C@H](c1ccccc1)N2. The van der Waals surface area contributed by atoms with Gasteiger partial charge in [0, 0.05) is 23.8 Å². The first kappa shape index (κ1) is 12.7. The molecule has 2 aromatic rings. The molecule has 1 saturated heterocycles. The summed E-state index contributed by atoms with van der Waals surface area (Å²) in [4.78, 5) is 0. The normalized spacial score (nSPS) is 26.6. The first-order valence-electron chi connectivity index (χ1n) is 7.48. The van der Waals surface area contributed by atoms with E-state index in [0.717, 1.165) is 24.5 Å². The third-order valence-corrected chi connectivity index (χ3v) is 4.60. The van der Waals surface area contributed by atoms with Crippen LogP contribution < -0.4 is 10.1 Å². The zero-order valence-electron chi connectivity index (χ0n) is 12.1. The van der Waals surface area contributed by atoms with Gasteiger partial charge in [-0.05, 0) is 30.2 Å². The van der Waals surface area contributed by atoms with Gasteiger partial charge in [-0.25, -0.2) is 0 Å². The van der Waals surface area contributed by atoms with Gasteiger partial charge in [0.1, 0.15) is 5.75 Å². The first-order chi connectivity index (χ1) is 10.4. The smallest absolute Gasteiger partial charge is 0.119 e. The number of ether oxygens (including phenoxy) is 2. The van der Waals surface area contributed by atoms with Crippen LogP contribution in [-0.2, 0) is 4.74 Å². The molecule has 3 nitrogen and oxygen atoms in total. The molecule has 1 fully saturated rings. The highest BCUT2D eigenvalue weighted by Gasteiger charge is 2.41. The highest BCUT2D eigenvalue weighted by atomic mass is 16.5. The molecule has 2 aliphatic rings. The quantitative estimate of drug-likeness (QED) is 0.904. The maximum Gasteiger partial charge on any atom is 0.119 e. The van der Waals surface area contributed by atoms with Gasteiger partial charge in [0.25, 0.3) is 0 Å². The summed E-state index contributed by atoms with van der Waals surface area (Å²) >= 11 is 0. The molecule has 21 heavy (non-hydrogen) atoms. The third kappa shape index (κ3) is 2.09. The number of hydrogen-bond donors (Lipinski definition) is 1. The number of hydrogen-bond acceptors (Lipinski definition) is 3. The van der Waals surface area contributed by atoms with Crippen molar-refractivity contribution in [2.75, 3.05) is 19.0 Å². The Labute approximate surface area is 124 Å². The van der Waals surface area contributed by atoms with E-state index in [1.165, 1.54) is 11.1 Å². The molecule has 3 heteroatoms. The van der Waals surface area contributed by atoms with E-state index in [2.05, 4.69) is 47.8 Å². The summed E-state index contributed by atoms with van der Waals surface area (Å²) < 4.78 is 11.4. The summed E-state index contributed by atoms with van der Waals surface area (Å²) in [5.41, 5.74) is 3.72. The molecule has 0 bridgehead atoms. The van der Waals surface area contributed by atoms with Gasteiger partial charge in [0.15, 0.2) is 0 Å². The van der Waals surface area contributed by atoms with Crippen LogP contribution in [0.3, 0.4) is 0 Å². The summed E-state index contributed by atoms with van der Waals surface area (Å²) in [5.74, 6) is 1.37. The summed E-state index contributed by atoms with van der Waals surface area (Å²) in [6.45, 7) is 0.830. The summed E-state index contributed by atoms with van der Waals surface area (Å²) in [7, 11) is 1.71. The van der Waals surface area contributed by atoms with Gasteiger partial charge in [-0.1, -0.05) is 30.3 Å². The van der Waals surface area contributed by atoms with Crippen LogP contribution in [0.2, 0.25) is 0 Å². The fourth-order valence-corrected chi connectivity index (χ4v) is 3.57. The van der Waals surface area contributed by atoms with E-state index in [-0.39, 0.29) is 6.10 Å². The molecule has 2 aromatic carbocycles. The van der Waals surface area contributed by atoms with Gasteiger partial charge in [-0.3, -0.25) is 0 Å². The van der Waals surface area contributed by atoms with Crippen LogP contribution in [0.1, 0.15) is 29.7 Å². The van der Waals surface area contributed by atoms with E-state index in [0.29, 0.717) is 12.0 Å². The van der Waals surface area contributed by atoms with Crippen molar-refractivity contribution in [1.29, 1.82) is 0 Å². The molecule has 0 radical (unpaired) electrons. The molecule has 3 atom stereocenters. The largest absolute Gasteiger partial charge is 0.497 e. The van der Waals surface area contributed by atoms with E-state index < -0.39 is 0 Å². The summed E-state index contributed by atoms with van der Waals surface area (Å²) in [6, 6.07) is 17.2. The van der Waals surface area contributed by atoms with Gasteiger partial charge in [-0.15, -0.1) is 0 Å². The minimum absolute atomic E-state index is 0.168. The Balaban J connectivity index is 1.77. The number of anilines is 1. The molecule has 0 aromatic heterocycles.